The summed E-state index contributed by atoms with van der Waals surface area (Å²) in [6, 6.07) is 75.1. The van der Waals surface area contributed by atoms with Gasteiger partial charge in [-0.05, 0) is 74.0 Å². The highest BCUT2D eigenvalue weighted by molar-refractivity contribution is 5.94. The third-order valence-corrected chi connectivity index (χ3v) is 12.2. The van der Waals surface area contributed by atoms with Crippen molar-refractivity contribution in [2.45, 2.75) is 5.41 Å². The van der Waals surface area contributed by atoms with Gasteiger partial charge in [-0.1, -0.05) is 188 Å². The van der Waals surface area contributed by atoms with Crippen molar-refractivity contribution in [3.05, 3.63) is 235 Å². The number of fused-ring (bicyclic) bond motifs is 10. The first-order valence-electron chi connectivity index (χ1n) is 20.3. The lowest BCUT2D eigenvalue weighted by molar-refractivity contribution is 0.439. The molecule has 12 rings (SSSR count). The van der Waals surface area contributed by atoms with E-state index in [-0.39, 0.29) is 0 Å². The summed E-state index contributed by atoms with van der Waals surface area (Å²) in [4.78, 5) is 14.9. The first-order valence-corrected chi connectivity index (χ1v) is 20.3. The monoisotopic (exact) mass is 765 g/mol. The number of rotatable bonds is 5. The fourth-order valence-electron chi connectivity index (χ4n) is 9.48. The zero-order valence-electron chi connectivity index (χ0n) is 32.5. The van der Waals surface area contributed by atoms with Gasteiger partial charge in [0.1, 0.15) is 11.5 Å². The van der Waals surface area contributed by atoms with E-state index >= 15 is 0 Å². The van der Waals surface area contributed by atoms with Crippen LogP contribution in [-0.4, -0.2) is 15.0 Å². The van der Waals surface area contributed by atoms with E-state index in [0.717, 1.165) is 67.0 Å². The number of ether oxygens (including phenoxy) is 1. The second-order valence-electron chi connectivity index (χ2n) is 15.5. The summed E-state index contributed by atoms with van der Waals surface area (Å²) in [6.07, 6.45) is 0. The van der Waals surface area contributed by atoms with E-state index in [9.17, 15) is 0 Å². The molecule has 0 bridgehead atoms. The highest BCUT2D eigenvalue weighted by Crippen LogP contribution is 2.63. The third kappa shape index (κ3) is 5.28. The van der Waals surface area contributed by atoms with Gasteiger partial charge < -0.3 is 4.74 Å². The van der Waals surface area contributed by atoms with Crippen molar-refractivity contribution < 1.29 is 4.74 Å². The van der Waals surface area contributed by atoms with Gasteiger partial charge in [-0.25, -0.2) is 15.0 Å². The lowest BCUT2D eigenvalue weighted by Gasteiger charge is -2.40. The van der Waals surface area contributed by atoms with E-state index in [1.807, 2.05) is 60.7 Å². The Bertz CT molecular complexity index is 3200. The molecule has 2 heterocycles. The van der Waals surface area contributed by atoms with Crippen molar-refractivity contribution >= 4 is 10.8 Å². The molecule has 1 aromatic heterocycles. The van der Waals surface area contributed by atoms with Gasteiger partial charge >= 0.3 is 0 Å². The van der Waals surface area contributed by atoms with Crippen LogP contribution in [0.4, 0.5) is 0 Å². The molecular formula is C56H35N3O. The van der Waals surface area contributed by atoms with Crippen molar-refractivity contribution in [3.8, 4) is 79.0 Å². The molecule has 1 aliphatic heterocycles. The van der Waals surface area contributed by atoms with E-state index in [1.54, 1.807) is 0 Å². The van der Waals surface area contributed by atoms with Crippen LogP contribution in [0.5, 0.6) is 11.5 Å². The van der Waals surface area contributed by atoms with Crippen LogP contribution < -0.4 is 4.74 Å². The molecule has 0 amide bonds. The van der Waals surface area contributed by atoms with Crippen LogP contribution >= 0.6 is 0 Å². The molecule has 0 unspecified atom stereocenters. The Morgan fingerprint density at radius 1 is 0.300 bits per heavy atom. The van der Waals surface area contributed by atoms with Gasteiger partial charge in [-0.3, -0.25) is 0 Å². The van der Waals surface area contributed by atoms with Gasteiger partial charge in [-0.2, -0.15) is 0 Å². The van der Waals surface area contributed by atoms with E-state index in [2.05, 4.69) is 152 Å². The van der Waals surface area contributed by atoms with E-state index in [0.29, 0.717) is 17.5 Å². The van der Waals surface area contributed by atoms with E-state index in [4.69, 9.17) is 19.7 Å². The number of benzene rings is 9. The Kier molecular flexibility index (Phi) is 7.72. The summed E-state index contributed by atoms with van der Waals surface area (Å²) in [5, 5.41) is 2.35. The van der Waals surface area contributed by atoms with Crippen molar-refractivity contribution in [3.63, 3.8) is 0 Å². The lowest BCUT2D eigenvalue weighted by atomic mass is 9.65. The molecule has 0 N–H and O–H groups in total. The van der Waals surface area contributed by atoms with Crippen molar-refractivity contribution in [2.24, 2.45) is 0 Å². The van der Waals surface area contributed by atoms with Gasteiger partial charge in [0, 0.05) is 33.4 Å². The Morgan fingerprint density at radius 2 is 0.733 bits per heavy atom. The summed E-state index contributed by atoms with van der Waals surface area (Å²) < 4.78 is 7.18. The molecule has 1 spiro atoms. The second kappa shape index (κ2) is 13.6. The summed E-state index contributed by atoms with van der Waals surface area (Å²) in [6.45, 7) is 0. The first-order chi connectivity index (χ1) is 29.7. The predicted molar refractivity (Wildman–Crippen MR) is 242 cm³/mol. The number of aromatic nitrogens is 3. The number of hydrogen-bond acceptors (Lipinski definition) is 4. The molecule has 0 radical (unpaired) electrons. The minimum atomic E-state index is -0.566. The molecule has 4 nitrogen and oxygen atoms in total. The van der Waals surface area contributed by atoms with Gasteiger partial charge in [-0.15, -0.1) is 0 Å². The van der Waals surface area contributed by atoms with Crippen molar-refractivity contribution in [1.82, 2.24) is 15.0 Å². The summed E-state index contributed by atoms with van der Waals surface area (Å²) in [7, 11) is 0. The van der Waals surface area contributed by atoms with Crippen LogP contribution in [0.1, 0.15) is 22.3 Å². The minimum Gasteiger partial charge on any atom is -0.456 e. The fraction of sp³-hybridized carbons (Fsp3) is 0.0179. The maximum absolute atomic E-state index is 7.18. The molecule has 0 fully saturated rings. The quantitative estimate of drug-likeness (QED) is 0.175. The topological polar surface area (TPSA) is 47.9 Å². The Hall–Kier alpha value is -7.95. The van der Waals surface area contributed by atoms with Gasteiger partial charge in [0.15, 0.2) is 17.5 Å². The molecule has 9 aromatic carbocycles. The van der Waals surface area contributed by atoms with Crippen LogP contribution in [0.15, 0.2) is 212 Å². The van der Waals surface area contributed by atoms with Crippen molar-refractivity contribution in [2.75, 3.05) is 0 Å². The molecule has 0 saturated heterocycles. The molecule has 60 heavy (non-hydrogen) atoms. The first kappa shape index (κ1) is 34.1. The highest BCUT2D eigenvalue weighted by atomic mass is 16.5. The van der Waals surface area contributed by atoms with Crippen LogP contribution in [0.3, 0.4) is 0 Å². The standard InChI is InChI=1S/C56H35N3O/c1-3-16-36(17-4-1)53-57-54(37-18-5-2-6-19-37)59-55(58-53)43-25-14-23-39(33-43)38-22-13-24-42(32-38)44-28-15-31-49-52(44)60-51-35-41-21-8-7-20-40(41)34-50(51)56(49)47-29-11-9-26-45(47)46-27-10-12-30-48(46)56/h1-35H. The third-order valence-electron chi connectivity index (χ3n) is 12.2. The highest BCUT2D eigenvalue weighted by Gasteiger charge is 2.51. The number of hydrogen-bond donors (Lipinski definition) is 0. The maximum atomic E-state index is 7.18. The van der Waals surface area contributed by atoms with Crippen LogP contribution in [0.25, 0.3) is 78.3 Å². The molecule has 280 valence electrons. The Labute approximate surface area is 348 Å². The molecule has 0 atom stereocenters. The molecule has 0 saturated carbocycles. The zero-order chi connectivity index (χ0) is 39.6. The molecule has 2 aliphatic rings. The number of para-hydroxylation sites is 1. The summed E-state index contributed by atoms with van der Waals surface area (Å²) in [5.41, 5.74) is 13.9. The molecule has 1 aliphatic carbocycles. The SMILES string of the molecule is c1ccc(-c2nc(-c3ccccc3)nc(-c3cccc(-c4cccc(-c5cccc6c5Oc5cc7ccccc7cc5C65c6ccccc6-c6ccccc65)c4)c3)n2)cc1. The lowest BCUT2D eigenvalue weighted by Crippen LogP contribution is -2.32. The predicted octanol–water partition coefficient (Wildman–Crippen LogP) is 13.8. The largest absolute Gasteiger partial charge is 0.456 e. The second-order valence-corrected chi connectivity index (χ2v) is 15.5. The average Bonchev–Trinajstić information content (AvgIpc) is 3.62. The van der Waals surface area contributed by atoms with Gasteiger partial charge in [0.25, 0.3) is 0 Å². The Morgan fingerprint density at radius 3 is 1.37 bits per heavy atom. The summed E-state index contributed by atoms with van der Waals surface area (Å²) in [5.74, 6) is 3.66. The molecule has 10 aromatic rings. The Balaban J connectivity index is 1.01. The number of nitrogens with zero attached hydrogens (tertiary/aromatic N) is 3. The van der Waals surface area contributed by atoms with E-state index in [1.165, 1.54) is 27.6 Å². The average molecular weight is 766 g/mol. The van der Waals surface area contributed by atoms with Gasteiger partial charge in [0.2, 0.25) is 0 Å². The smallest absolute Gasteiger partial charge is 0.164 e. The van der Waals surface area contributed by atoms with Crippen LogP contribution in [0, 0.1) is 0 Å². The minimum absolute atomic E-state index is 0.566. The van der Waals surface area contributed by atoms with Crippen LogP contribution in [-0.2, 0) is 5.41 Å². The van der Waals surface area contributed by atoms with E-state index < -0.39 is 5.41 Å². The zero-order valence-corrected chi connectivity index (χ0v) is 32.5. The molecule has 4 heteroatoms. The summed E-state index contributed by atoms with van der Waals surface area (Å²) >= 11 is 0. The maximum Gasteiger partial charge on any atom is 0.164 e. The fourth-order valence-corrected chi connectivity index (χ4v) is 9.48. The normalized spacial score (nSPS) is 12.9. The van der Waals surface area contributed by atoms with Crippen LogP contribution in [0.2, 0.25) is 0 Å². The van der Waals surface area contributed by atoms with Crippen molar-refractivity contribution in [1.29, 1.82) is 0 Å². The molecular weight excluding hydrogens is 731 g/mol. The van der Waals surface area contributed by atoms with Gasteiger partial charge in [0.05, 0.1) is 5.41 Å².